The molecule has 0 heterocycles. The molecule has 3 nitrogen and oxygen atoms in total. The number of halogens is 1. The molecule has 4 heteroatoms. The van der Waals surface area contributed by atoms with E-state index in [2.05, 4.69) is 5.32 Å². The fourth-order valence-electron chi connectivity index (χ4n) is 2.05. The summed E-state index contributed by atoms with van der Waals surface area (Å²) >= 11 is 0. The first-order valence-electron chi connectivity index (χ1n) is 6.51. The van der Waals surface area contributed by atoms with Gasteiger partial charge in [-0.25, -0.2) is 4.39 Å². The molecule has 0 saturated heterocycles. The molecule has 0 fully saturated rings. The van der Waals surface area contributed by atoms with Crippen LogP contribution in [0.15, 0.2) is 48.5 Å². The number of nitrogens with zero attached hydrogens (tertiary/aromatic N) is 1. The van der Waals surface area contributed by atoms with Gasteiger partial charge < -0.3 is 15.3 Å². The monoisotopic (exact) mass is 274 g/mol. The molecular formula is C16H19FN2O. The average molecular weight is 274 g/mol. The second kappa shape index (κ2) is 6.39. The number of hydrogen-bond acceptors (Lipinski definition) is 3. The highest BCUT2D eigenvalue weighted by Gasteiger charge is 2.10. The van der Waals surface area contributed by atoms with Crippen molar-refractivity contribution in [3.8, 4) is 0 Å². The standard InChI is InChI=1S/C16H19FN2O/c1-19(2)15-9-4-3-8-14(15)18-11-16(20)12-6-5-7-13(17)10-12/h3-10,16,18,20H,11H2,1-2H3. The van der Waals surface area contributed by atoms with Crippen LogP contribution in [0.4, 0.5) is 15.8 Å². The van der Waals surface area contributed by atoms with Gasteiger partial charge in [0.1, 0.15) is 5.82 Å². The third kappa shape index (κ3) is 3.48. The number of anilines is 2. The zero-order valence-electron chi connectivity index (χ0n) is 11.7. The van der Waals surface area contributed by atoms with Crippen molar-refractivity contribution >= 4 is 11.4 Å². The summed E-state index contributed by atoms with van der Waals surface area (Å²) in [5.74, 6) is -0.338. The van der Waals surface area contributed by atoms with Crippen LogP contribution >= 0.6 is 0 Å². The molecule has 2 aromatic carbocycles. The fraction of sp³-hybridized carbons (Fsp3) is 0.250. The van der Waals surface area contributed by atoms with Gasteiger partial charge in [-0.2, -0.15) is 0 Å². The summed E-state index contributed by atoms with van der Waals surface area (Å²) in [6.07, 6.45) is -0.749. The molecule has 0 amide bonds. The molecule has 0 bridgehead atoms. The van der Waals surface area contributed by atoms with Crippen molar-refractivity contribution in [1.82, 2.24) is 0 Å². The van der Waals surface area contributed by atoms with Crippen LogP contribution in [0, 0.1) is 5.82 Å². The Labute approximate surface area is 118 Å². The van der Waals surface area contributed by atoms with Crippen molar-refractivity contribution < 1.29 is 9.50 Å². The van der Waals surface area contributed by atoms with E-state index < -0.39 is 6.10 Å². The van der Waals surface area contributed by atoms with E-state index in [9.17, 15) is 9.50 Å². The molecule has 0 spiro atoms. The largest absolute Gasteiger partial charge is 0.387 e. The van der Waals surface area contributed by atoms with Gasteiger partial charge in [0.15, 0.2) is 0 Å². The Kier molecular flexibility index (Phi) is 4.58. The molecule has 2 N–H and O–H groups in total. The molecule has 1 unspecified atom stereocenters. The van der Waals surface area contributed by atoms with Gasteiger partial charge in [0.05, 0.1) is 17.5 Å². The maximum Gasteiger partial charge on any atom is 0.123 e. The van der Waals surface area contributed by atoms with Crippen LogP contribution in [0.1, 0.15) is 11.7 Å². The molecule has 0 radical (unpaired) electrons. The normalized spacial score (nSPS) is 12.0. The van der Waals surface area contributed by atoms with Gasteiger partial charge in [-0.1, -0.05) is 24.3 Å². The highest BCUT2D eigenvalue weighted by molar-refractivity contribution is 5.69. The summed E-state index contributed by atoms with van der Waals surface area (Å²) in [5.41, 5.74) is 2.55. The third-order valence-electron chi connectivity index (χ3n) is 3.11. The summed E-state index contributed by atoms with van der Waals surface area (Å²) < 4.78 is 13.1. The molecule has 106 valence electrons. The van der Waals surface area contributed by atoms with Gasteiger partial charge in [0.25, 0.3) is 0 Å². The lowest BCUT2D eigenvalue weighted by atomic mass is 10.1. The summed E-state index contributed by atoms with van der Waals surface area (Å²) in [4.78, 5) is 2.00. The van der Waals surface area contributed by atoms with E-state index in [-0.39, 0.29) is 5.82 Å². The minimum Gasteiger partial charge on any atom is -0.387 e. The van der Waals surface area contributed by atoms with Crippen LogP contribution in [-0.4, -0.2) is 25.7 Å². The second-order valence-corrected chi connectivity index (χ2v) is 4.86. The van der Waals surface area contributed by atoms with Crippen LogP contribution in [0.3, 0.4) is 0 Å². The smallest absolute Gasteiger partial charge is 0.123 e. The molecule has 1 atom stereocenters. The Morgan fingerprint density at radius 1 is 1.15 bits per heavy atom. The number of aliphatic hydroxyl groups excluding tert-OH is 1. The van der Waals surface area contributed by atoms with Crippen molar-refractivity contribution in [2.45, 2.75) is 6.10 Å². The summed E-state index contributed by atoms with van der Waals surface area (Å²) in [6, 6.07) is 13.9. The number of nitrogens with one attached hydrogen (secondary N) is 1. The van der Waals surface area contributed by atoms with Gasteiger partial charge in [-0.15, -0.1) is 0 Å². The molecule has 0 saturated carbocycles. The van der Waals surface area contributed by atoms with Gasteiger partial charge in [-0.05, 0) is 29.8 Å². The molecule has 0 aliphatic rings. The van der Waals surface area contributed by atoms with E-state index in [1.165, 1.54) is 12.1 Å². The second-order valence-electron chi connectivity index (χ2n) is 4.86. The van der Waals surface area contributed by atoms with Crippen LogP contribution in [0.2, 0.25) is 0 Å². The summed E-state index contributed by atoms with van der Waals surface area (Å²) in [6.45, 7) is 0.328. The van der Waals surface area contributed by atoms with E-state index >= 15 is 0 Å². The van der Waals surface area contributed by atoms with Crippen molar-refractivity contribution in [3.05, 3.63) is 59.9 Å². The van der Waals surface area contributed by atoms with Crippen molar-refractivity contribution in [2.24, 2.45) is 0 Å². The van der Waals surface area contributed by atoms with Crippen LogP contribution in [-0.2, 0) is 0 Å². The molecule has 2 aromatic rings. The lowest BCUT2D eigenvalue weighted by molar-refractivity contribution is 0.191. The van der Waals surface area contributed by atoms with Crippen molar-refractivity contribution in [1.29, 1.82) is 0 Å². The molecule has 0 aliphatic carbocycles. The Hall–Kier alpha value is -2.07. The zero-order valence-corrected chi connectivity index (χ0v) is 11.7. The van der Waals surface area contributed by atoms with E-state index in [0.29, 0.717) is 12.1 Å². The molecule has 2 rings (SSSR count). The lowest BCUT2D eigenvalue weighted by Crippen LogP contribution is -2.16. The maximum atomic E-state index is 13.1. The highest BCUT2D eigenvalue weighted by atomic mass is 19.1. The molecule has 0 aromatic heterocycles. The van der Waals surface area contributed by atoms with Gasteiger partial charge in [0.2, 0.25) is 0 Å². The number of benzene rings is 2. The Bertz CT molecular complexity index is 572. The van der Waals surface area contributed by atoms with E-state index in [1.807, 2.05) is 43.3 Å². The van der Waals surface area contributed by atoms with Crippen LogP contribution < -0.4 is 10.2 Å². The van der Waals surface area contributed by atoms with Gasteiger partial charge in [0, 0.05) is 20.6 Å². The van der Waals surface area contributed by atoms with Gasteiger partial charge in [-0.3, -0.25) is 0 Å². The summed E-state index contributed by atoms with van der Waals surface area (Å²) in [7, 11) is 3.92. The predicted molar refractivity (Wildman–Crippen MR) is 80.6 cm³/mol. The Balaban J connectivity index is 2.05. The average Bonchev–Trinajstić information content (AvgIpc) is 2.45. The van der Waals surface area contributed by atoms with E-state index in [1.54, 1.807) is 12.1 Å². The zero-order chi connectivity index (χ0) is 14.5. The molecular weight excluding hydrogens is 255 g/mol. The van der Waals surface area contributed by atoms with E-state index in [0.717, 1.165) is 11.4 Å². The summed E-state index contributed by atoms with van der Waals surface area (Å²) in [5, 5.41) is 13.3. The quantitative estimate of drug-likeness (QED) is 0.879. The minimum absolute atomic E-state index is 0.328. The van der Waals surface area contributed by atoms with Crippen LogP contribution in [0.25, 0.3) is 0 Å². The topological polar surface area (TPSA) is 35.5 Å². The number of hydrogen-bond donors (Lipinski definition) is 2. The number of para-hydroxylation sites is 2. The Morgan fingerprint density at radius 3 is 2.60 bits per heavy atom. The first-order chi connectivity index (χ1) is 9.58. The third-order valence-corrected chi connectivity index (χ3v) is 3.11. The van der Waals surface area contributed by atoms with Crippen molar-refractivity contribution in [2.75, 3.05) is 30.9 Å². The predicted octanol–water partition coefficient (Wildman–Crippen LogP) is 3.04. The van der Waals surface area contributed by atoms with Crippen molar-refractivity contribution in [3.63, 3.8) is 0 Å². The maximum absolute atomic E-state index is 13.1. The van der Waals surface area contributed by atoms with E-state index in [4.69, 9.17) is 0 Å². The Morgan fingerprint density at radius 2 is 1.90 bits per heavy atom. The first kappa shape index (κ1) is 14.3. The molecule has 0 aliphatic heterocycles. The number of rotatable bonds is 5. The fourth-order valence-corrected chi connectivity index (χ4v) is 2.05. The minimum atomic E-state index is -0.749. The number of aliphatic hydroxyl groups is 1. The first-order valence-corrected chi connectivity index (χ1v) is 6.51. The molecule has 20 heavy (non-hydrogen) atoms. The highest BCUT2D eigenvalue weighted by Crippen LogP contribution is 2.24. The SMILES string of the molecule is CN(C)c1ccccc1NCC(O)c1cccc(F)c1. The lowest BCUT2D eigenvalue weighted by Gasteiger charge is -2.20. The van der Waals surface area contributed by atoms with Crippen LogP contribution in [0.5, 0.6) is 0 Å². The van der Waals surface area contributed by atoms with Gasteiger partial charge >= 0.3 is 0 Å².